The summed E-state index contributed by atoms with van der Waals surface area (Å²) in [5.41, 5.74) is 1.32. The summed E-state index contributed by atoms with van der Waals surface area (Å²) >= 11 is 0. The number of amides is 1. The molecule has 0 radical (unpaired) electrons. The van der Waals surface area contributed by atoms with Gasteiger partial charge in [-0.05, 0) is 54.8 Å². The van der Waals surface area contributed by atoms with Crippen molar-refractivity contribution in [3.8, 4) is 11.5 Å². The van der Waals surface area contributed by atoms with Gasteiger partial charge in [0, 0.05) is 25.6 Å². The minimum absolute atomic E-state index is 0.186. The van der Waals surface area contributed by atoms with Crippen LogP contribution in [-0.4, -0.2) is 45.4 Å². The van der Waals surface area contributed by atoms with Gasteiger partial charge in [-0.1, -0.05) is 6.07 Å². The summed E-state index contributed by atoms with van der Waals surface area (Å²) in [4.78, 5) is 11.9. The number of hydrogen-bond donors (Lipinski definition) is 1. The van der Waals surface area contributed by atoms with Crippen molar-refractivity contribution < 1.29 is 22.7 Å². The first-order valence-corrected chi connectivity index (χ1v) is 11.2. The molecule has 8 heteroatoms. The zero-order chi connectivity index (χ0) is 20.4. The van der Waals surface area contributed by atoms with Crippen LogP contribution in [0.15, 0.2) is 47.4 Å². The molecule has 0 bridgehead atoms. The molecule has 2 heterocycles. The number of nitrogens with one attached hydrogen (secondary N) is 1. The van der Waals surface area contributed by atoms with Gasteiger partial charge in [0.2, 0.25) is 10.0 Å². The number of hydrogen-bond acceptors (Lipinski definition) is 5. The second-order valence-electron chi connectivity index (χ2n) is 7.13. The molecule has 7 nitrogen and oxygen atoms in total. The first-order chi connectivity index (χ1) is 14.0. The predicted octanol–water partition coefficient (Wildman–Crippen LogP) is 2.73. The molecule has 0 saturated carbocycles. The van der Waals surface area contributed by atoms with Crippen molar-refractivity contribution in [3.63, 3.8) is 0 Å². The maximum atomic E-state index is 13.3. The zero-order valence-electron chi connectivity index (χ0n) is 16.3. The Hall–Kier alpha value is -2.58. The summed E-state index contributed by atoms with van der Waals surface area (Å²) in [6.45, 7) is 1.65. The molecule has 0 unspecified atom stereocenters. The molecule has 2 aliphatic rings. The Labute approximate surface area is 170 Å². The van der Waals surface area contributed by atoms with Crippen molar-refractivity contribution in [2.75, 3.05) is 26.8 Å². The predicted molar refractivity (Wildman–Crippen MR) is 108 cm³/mol. The van der Waals surface area contributed by atoms with Crippen molar-refractivity contribution >= 4 is 15.9 Å². The fourth-order valence-electron chi connectivity index (χ4n) is 3.81. The molecule has 4 rings (SSSR count). The van der Waals surface area contributed by atoms with Crippen LogP contribution in [0.1, 0.15) is 41.2 Å². The van der Waals surface area contributed by atoms with E-state index in [1.807, 2.05) is 18.2 Å². The Kier molecular flexibility index (Phi) is 5.47. The molecular formula is C21H24N2O5S. The molecule has 0 aromatic heterocycles. The Morgan fingerprint density at radius 1 is 1.03 bits per heavy atom. The highest BCUT2D eigenvalue weighted by molar-refractivity contribution is 7.89. The summed E-state index contributed by atoms with van der Waals surface area (Å²) in [6, 6.07) is 11.5. The van der Waals surface area contributed by atoms with E-state index in [1.54, 1.807) is 4.31 Å². The van der Waals surface area contributed by atoms with Gasteiger partial charge in [0.05, 0.1) is 24.2 Å². The number of sulfonamides is 1. The second kappa shape index (κ2) is 8.04. The van der Waals surface area contributed by atoms with Crippen LogP contribution in [0.4, 0.5) is 0 Å². The highest BCUT2D eigenvalue weighted by Gasteiger charge is 2.36. The third-order valence-electron chi connectivity index (χ3n) is 5.31. The summed E-state index contributed by atoms with van der Waals surface area (Å²) in [5.74, 6) is 1.11. The molecular weight excluding hydrogens is 392 g/mol. The lowest BCUT2D eigenvalue weighted by molar-refractivity contribution is 0.0963. The Bertz CT molecular complexity index is 1000. The van der Waals surface area contributed by atoms with Crippen LogP contribution >= 0.6 is 0 Å². The lowest BCUT2D eigenvalue weighted by Crippen LogP contribution is -2.30. The topological polar surface area (TPSA) is 84.9 Å². The van der Waals surface area contributed by atoms with Crippen molar-refractivity contribution in [1.29, 1.82) is 0 Å². The van der Waals surface area contributed by atoms with Gasteiger partial charge in [-0.3, -0.25) is 4.79 Å². The van der Waals surface area contributed by atoms with Gasteiger partial charge >= 0.3 is 0 Å². The van der Waals surface area contributed by atoms with E-state index in [1.165, 1.54) is 31.3 Å². The lowest BCUT2D eigenvalue weighted by atomic mass is 10.0. The van der Waals surface area contributed by atoms with Crippen LogP contribution < -0.4 is 14.8 Å². The summed E-state index contributed by atoms with van der Waals surface area (Å²) in [7, 11) is -2.15. The Balaban J connectivity index is 1.62. The number of ether oxygens (including phenoxy) is 2. The van der Waals surface area contributed by atoms with E-state index in [2.05, 4.69) is 5.32 Å². The molecule has 0 aliphatic carbocycles. The van der Waals surface area contributed by atoms with E-state index in [0.717, 1.165) is 24.8 Å². The van der Waals surface area contributed by atoms with Crippen LogP contribution in [0, 0.1) is 0 Å². The average Bonchev–Trinajstić information content (AvgIpc) is 3.13. The van der Waals surface area contributed by atoms with E-state index in [9.17, 15) is 13.2 Å². The third kappa shape index (κ3) is 3.82. The summed E-state index contributed by atoms with van der Waals surface area (Å²) in [5, 5.41) is 2.53. The number of carbonyl (C=O) groups excluding carboxylic acids is 1. The molecule has 29 heavy (non-hydrogen) atoms. The largest absolute Gasteiger partial charge is 0.490 e. The van der Waals surface area contributed by atoms with Gasteiger partial charge in [-0.25, -0.2) is 8.42 Å². The highest BCUT2D eigenvalue weighted by Crippen LogP contribution is 2.40. The molecule has 2 aromatic carbocycles. The van der Waals surface area contributed by atoms with E-state index in [-0.39, 0.29) is 16.8 Å². The van der Waals surface area contributed by atoms with Gasteiger partial charge in [0.1, 0.15) is 0 Å². The monoisotopic (exact) mass is 416 g/mol. The van der Waals surface area contributed by atoms with Gasteiger partial charge < -0.3 is 14.8 Å². The molecule has 1 saturated heterocycles. The number of carbonyl (C=O) groups is 1. The standard InChI is InChI=1S/C21H24N2O5S/c1-22-21(24)15-5-8-17(9-6-15)29(25,26)23-11-2-4-18(23)16-7-10-19-20(14-16)28-13-3-12-27-19/h5-10,14,18H,2-4,11-13H2,1H3,(H,22,24)/t18-/m1/s1. The minimum atomic E-state index is -3.68. The SMILES string of the molecule is CNC(=O)c1ccc(S(=O)(=O)N2CCC[C@@H]2c2ccc3c(c2)OCCCO3)cc1. The molecule has 1 atom stereocenters. The average molecular weight is 416 g/mol. The van der Waals surface area contributed by atoms with Gasteiger partial charge in [-0.15, -0.1) is 0 Å². The number of fused-ring (bicyclic) bond motifs is 1. The van der Waals surface area contributed by atoms with Crippen molar-refractivity contribution in [1.82, 2.24) is 9.62 Å². The van der Waals surface area contributed by atoms with E-state index < -0.39 is 10.0 Å². The molecule has 0 spiro atoms. The third-order valence-corrected chi connectivity index (χ3v) is 7.23. The number of nitrogens with zero attached hydrogens (tertiary/aromatic N) is 1. The van der Waals surface area contributed by atoms with E-state index in [0.29, 0.717) is 36.8 Å². The fraction of sp³-hybridized carbons (Fsp3) is 0.381. The molecule has 2 aliphatic heterocycles. The number of benzene rings is 2. The maximum Gasteiger partial charge on any atom is 0.251 e. The normalized spacial score (nSPS) is 19.6. The molecule has 1 amide bonds. The first-order valence-electron chi connectivity index (χ1n) is 9.74. The van der Waals surface area contributed by atoms with Crippen molar-refractivity contribution in [3.05, 3.63) is 53.6 Å². The summed E-state index contributed by atoms with van der Waals surface area (Å²) in [6.07, 6.45) is 2.35. The molecule has 1 fully saturated rings. The fourth-order valence-corrected chi connectivity index (χ4v) is 5.49. The molecule has 154 valence electrons. The second-order valence-corrected chi connectivity index (χ2v) is 9.02. The summed E-state index contributed by atoms with van der Waals surface area (Å²) < 4.78 is 39.6. The molecule has 1 N–H and O–H groups in total. The quantitative estimate of drug-likeness (QED) is 0.828. The lowest BCUT2D eigenvalue weighted by Gasteiger charge is -2.25. The Morgan fingerprint density at radius 2 is 1.76 bits per heavy atom. The highest BCUT2D eigenvalue weighted by atomic mass is 32.2. The number of rotatable bonds is 4. The van der Waals surface area contributed by atoms with Gasteiger partial charge in [0.15, 0.2) is 11.5 Å². The van der Waals surface area contributed by atoms with Gasteiger partial charge in [-0.2, -0.15) is 4.31 Å². The Morgan fingerprint density at radius 3 is 2.48 bits per heavy atom. The van der Waals surface area contributed by atoms with E-state index in [4.69, 9.17) is 9.47 Å². The van der Waals surface area contributed by atoms with Crippen LogP contribution in [0.25, 0.3) is 0 Å². The zero-order valence-corrected chi connectivity index (χ0v) is 17.1. The maximum absolute atomic E-state index is 13.3. The first kappa shape index (κ1) is 19.7. The van der Waals surface area contributed by atoms with Crippen LogP contribution in [0.2, 0.25) is 0 Å². The van der Waals surface area contributed by atoms with Crippen LogP contribution in [0.5, 0.6) is 11.5 Å². The van der Waals surface area contributed by atoms with Crippen LogP contribution in [-0.2, 0) is 10.0 Å². The molecule has 2 aromatic rings. The van der Waals surface area contributed by atoms with Crippen LogP contribution in [0.3, 0.4) is 0 Å². The van der Waals surface area contributed by atoms with E-state index >= 15 is 0 Å². The smallest absolute Gasteiger partial charge is 0.251 e. The van der Waals surface area contributed by atoms with Gasteiger partial charge in [0.25, 0.3) is 5.91 Å². The minimum Gasteiger partial charge on any atom is -0.490 e. The van der Waals surface area contributed by atoms with Crippen molar-refractivity contribution in [2.45, 2.75) is 30.2 Å². The van der Waals surface area contributed by atoms with Crippen molar-refractivity contribution in [2.24, 2.45) is 0 Å².